The van der Waals surface area contributed by atoms with Crippen LogP contribution >= 0.6 is 11.6 Å². The first-order valence-corrected chi connectivity index (χ1v) is 9.34. The Morgan fingerprint density at radius 1 is 1.21 bits per heavy atom. The number of morpholine rings is 1. The van der Waals surface area contributed by atoms with Crippen LogP contribution in [0, 0.1) is 0 Å². The topological polar surface area (TPSA) is 72.4 Å². The lowest BCUT2D eigenvalue weighted by Gasteiger charge is -2.30. The molecule has 0 unspecified atom stereocenters. The third kappa shape index (κ3) is 3.96. The van der Waals surface area contributed by atoms with E-state index in [1.54, 1.807) is 18.2 Å². The van der Waals surface area contributed by atoms with E-state index in [-0.39, 0.29) is 12.5 Å². The van der Waals surface area contributed by atoms with E-state index < -0.39 is 0 Å². The normalized spacial score (nSPS) is 15.6. The number of amidine groups is 1. The SMILES string of the molecule is COCC(=O)Nc1ccc2c(c1)C(N1CCOCC1)=Nc1cc(Cl)ccc1O2. The van der Waals surface area contributed by atoms with Gasteiger partial charge in [-0.1, -0.05) is 11.6 Å². The van der Waals surface area contributed by atoms with Crippen LogP contribution in [0.25, 0.3) is 0 Å². The van der Waals surface area contributed by atoms with Gasteiger partial charge in [0.25, 0.3) is 0 Å². The molecule has 2 heterocycles. The largest absolute Gasteiger partial charge is 0.454 e. The summed E-state index contributed by atoms with van der Waals surface area (Å²) in [6.07, 6.45) is 0. The fraction of sp³-hybridized carbons (Fsp3) is 0.300. The van der Waals surface area contributed by atoms with Gasteiger partial charge < -0.3 is 24.4 Å². The van der Waals surface area contributed by atoms with E-state index in [1.165, 1.54) is 7.11 Å². The van der Waals surface area contributed by atoms with E-state index in [0.29, 0.717) is 54.2 Å². The molecule has 0 saturated carbocycles. The van der Waals surface area contributed by atoms with Crippen LogP contribution in [0.15, 0.2) is 41.4 Å². The molecule has 146 valence electrons. The van der Waals surface area contributed by atoms with Gasteiger partial charge in [-0.25, -0.2) is 4.99 Å². The molecule has 0 aliphatic carbocycles. The molecule has 0 spiro atoms. The molecule has 2 aliphatic rings. The first-order valence-electron chi connectivity index (χ1n) is 8.96. The number of amides is 1. The molecule has 2 aromatic rings. The predicted octanol–water partition coefficient (Wildman–Crippen LogP) is 3.44. The summed E-state index contributed by atoms with van der Waals surface area (Å²) in [4.78, 5) is 18.9. The molecule has 0 radical (unpaired) electrons. The van der Waals surface area contributed by atoms with Crippen molar-refractivity contribution in [2.45, 2.75) is 0 Å². The monoisotopic (exact) mass is 401 g/mol. The molecule has 8 heteroatoms. The van der Waals surface area contributed by atoms with E-state index >= 15 is 0 Å². The van der Waals surface area contributed by atoms with Crippen molar-refractivity contribution in [3.05, 3.63) is 47.0 Å². The second kappa shape index (κ2) is 8.18. The molecule has 1 amide bonds. The predicted molar refractivity (Wildman–Crippen MR) is 107 cm³/mol. The van der Waals surface area contributed by atoms with Crippen LogP contribution in [0.5, 0.6) is 11.5 Å². The molecular formula is C20H20ClN3O4. The van der Waals surface area contributed by atoms with Crippen molar-refractivity contribution in [3.63, 3.8) is 0 Å². The highest BCUT2D eigenvalue weighted by molar-refractivity contribution is 6.31. The highest BCUT2D eigenvalue weighted by atomic mass is 35.5. The summed E-state index contributed by atoms with van der Waals surface area (Å²) in [5, 5.41) is 3.42. The van der Waals surface area contributed by atoms with Crippen LogP contribution in [0.1, 0.15) is 5.56 Å². The maximum atomic E-state index is 11.9. The number of hydrogen-bond acceptors (Lipinski definition) is 6. The van der Waals surface area contributed by atoms with Gasteiger partial charge in [-0.05, 0) is 36.4 Å². The smallest absolute Gasteiger partial charge is 0.250 e. The molecule has 1 N–H and O–H groups in total. The lowest BCUT2D eigenvalue weighted by atomic mass is 10.1. The van der Waals surface area contributed by atoms with Crippen LogP contribution in [0.2, 0.25) is 5.02 Å². The standard InChI is InChI=1S/C20H20ClN3O4/c1-26-12-19(25)22-14-3-5-17-15(11-14)20(24-6-8-27-9-7-24)23-16-10-13(21)2-4-18(16)28-17/h2-5,10-11H,6-9,12H2,1H3,(H,22,25). The summed E-state index contributed by atoms with van der Waals surface area (Å²) >= 11 is 6.17. The fourth-order valence-electron chi connectivity index (χ4n) is 3.17. The number of fused-ring (bicyclic) bond motifs is 2. The van der Waals surface area contributed by atoms with Crippen LogP contribution < -0.4 is 10.1 Å². The van der Waals surface area contributed by atoms with Gasteiger partial charge in [0.15, 0.2) is 5.75 Å². The number of carbonyl (C=O) groups excluding carboxylic acids is 1. The first kappa shape index (κ1) is 18.7. The van der Waals surface area contributed by atoms with Crippen molar-refractivity contribution < 1.29 is 19.0 Å². The minimum absolute atomic E-state index is 0.0120. The van der Waals surface area contributed by atoms with Crippen molar-refractivity contribution in [2.75, 3.05) is 45.3 Å². The number of anilines is 1. The van der Waals surface area contributed by atoms with Crippen LogP contribution in [-0.2, 0) is 14.3 Å². The molecule has 2 aliphatic heterocycles. The van der Waals surface area contributed by atoms with Crippen molar-refractivity contribution in [1.29, 1.82) is 0 Å². The number of benzene rings is 2. The molecule has 0 atom stereocenters. The number of nitrogens with zero attached hydrogens (tertiary/aromatic N) is 2. The van der Waals surface area contributed by atoms with Gasteiger partial charge in [0.2, 0.25) is 5.91 Å². The van der Waals surface area contributed by atoms with E-state index in [0.717, 1.165) is 11.4 Å². The molecule has 1 fully saturated rings. The number of ether oxygens (including phenoxy) is 3. The molecule has 4 rings (SSSR count). The van der Waals surface area contributed by atoms with Crippen molar-refractivity contribution in [1.82, 2.24) is 4.90 Å². The zero-order valence-electron chi connectivity index (χ0n) is 15.4. The van der Waals surface area contributed by atoms with E-state index in [1.807, 2.05) is 18.2 Å². The number of carbonyl (C=O) groups is 1. The Bertz CT molecular complexity index is 926. The second-order valence-corrected chi connectivity index (χ2v) is 6.88. The molecule has 1 saturated heterocycles. The maximum absolute atomic E-state index is 11.9. The van der Waals surface area contributed by atoms with Gasteiger partial charge in [0.05, 0.1) is 18.8 Å². The highest BCUT2D eigenvalue weighted by Gasteiger charge is 2.25. The third-order valence-electron chi connectivity index (χ3n) is 4.46. The lowest BCUT2D eigenvalue weighted by Crippen LogP contribution is -2.41. The minimum atomic E-state index is -0.225. The minimum Gasteiger partial charge on any atom is -0.454 e. The van der Waals surface area contributed by atoms with Gasteiger partial charge in [-0.2, -0.15) is 0 Å². The summed E-state index contributed by atoms with van der Waals surface area (Å²) in [5.41, 5.74) is 2.11. The van der Waals surface area contributed by atoms with Gasteiger partial charge in [-0.15, -0.1) is 0 Å². The Labute approximate surface area is 167 Å². The van der Waals surface area contributed by atoms with E-state index in [4.69, 9.17) is 30.8 Å². The zero-order chi connectivity index (χ0) is 19.5. The Balaban J connectivity index is 1.78. The van der Waals surface area contributed by atoms with Crippen LogP contribution in [0.3, 0.4) is 0 Å². The third-order valence-corrected chi connectivity index (χ3v) is 4.69. The van der Waals surface area contributed by atoms with E-state index in [2.05, 4.69) is 10.2 Å². The lowest BCUT2D eigenvalue weighted by molar-refractivity contribution is -0.119. The molecule has 2 aromatic carbocycles. The molecule has 28 heavy (non-hydrogen) atoms. The van der Waals surface area contributed by atoms with Gasteiger partial charge in [0.1, 0.15) is 23.9 Å². The Hall–Kier alpha value is -2.61. The summed E-state index contributed by atoms with van der Waals surface area (Å²) < 4.78 is 16.5. The summed E-state index contributed by atoms with van der Waals surface area (Å²) in [5.74, 6) is 1.83. The molecule has 7 nitrogen and oxygen atoms in total. The summed E-state index contributed by atoms with van der Waals surface area (Å²) in [7, 11) is 1.48. The molecule has 0 bridgehead atoms. The van der Waals surface area contributed by atoms with E-state index in [9.17, 15) is 4.79 Å². The average Bonchev–Trinajstić information content (AvgIpc) is 2.85. The number of methoxy groups -OCH3 is 1. The number of hydrogen-bond donors (Lipinski definition) is 1. The van der Waals surface area contributed by atoms with Gasteiger partial charge >= 0.3 is 0 Å². The van der Waals surface area contributed by atoms with Crippen LogP contribution in [0.4, 0.5) is 11.4 Å². The van der Waals surface area contributed by atoms with Gasteiger partial charge in [0, 0.05) is 30.9 Å². The average molecular weight is 402 g/mol. The van der Waals surface area contributed by atoms with Crippen LogP contribution in [-0.4, -0.2) is 56.7 Å². The molecular weight excluding hydrogens is 382 g/mol. The van der Waals surface area contributed by atoms with Crippen molar-refractivity contribution in [2.24, 2.45) is 4.99 Å². The summed E-state index contributed by atoms with van der Waals surface area (Å²) in [6.45, 7) is 2.68. The molecule has 0 aromatic heterocycles. The first-order chi connectivity index (χ1) is 13.6. The number of rotatable bonds is 3. The van der Waals surface area contributed by atoms with Crippen molar-refractivity contribution in [3.8, 4) is 11.5 Å². The van der Waals surface area contributed by atoms with Gasteiger partial charge in [-0.3, -0.25) is 4.79 Å². The Morgan fingerprint density at radius 3 is 2.79 bits per heavy atom. The summed E-state index contributed by atoms with van der Waals surface area (Å²) in [6, 6.07) is 10.9. The number of halogens is 1. The zero-order valence-corrected chi connectivity index (χ0v) is 16.2. The van der Waals surface area contributed by atoms with Crippen molar-refractivity contribution >= 4 is 34.7 Å². The number of aliphatic imine (C=N–C) groups is 1. The number of nitrogens with one attached hydrogen (secondary N) is 1. The highest BCUT2D eigenvalue weighted by Crippen LogP contribution is 2.40. The Morgan fingerprint density at radius 2 is 2.00 bits per heavy atom. The maximum Gasteiger partial charge on any atom is 0.250 e. The quantitative estimate of drug-likeness (QED) is 0.852. The second-order valence-electron chi connectivity index (χ2n) is 6.44. The fourth-order valence-corrected chi connectivity index (χ4v) is 3.34. The Kier molecular flexibility index (Phi) is 5.47.